The normalized spacial score (nSPS) is 42.2. The Morgan fingerprint density at radius 3 is 2.61 bits per heavy atom. The minimum atomic E-state index is 0.00153. The zero-order valence-corrected chi connectivity index (χ0v) is 13.4. The van der Waals surface area contributed by atoms with Crippen molar-refractivity contribution in [3.63, 3.8) is 0 Å². The van der Waals surface area contributed by atoms with Gasteiger partial charge in [0.05, 0.1) is 0 Å². The van der Waals surface area contributed by atoms with Crippen LogP contribution in [-0.2, 0) is 16.1 Å². The van der Waals surface area contributed by atoms with Crippen molar-refractivity contribution in [1.29, 1.82) is 0 Å². The van der Waals surface area contributed by atoms with Crippen molar-refractivity contribution in [1.82, 2.24) is 0 Å². The molecule has 120 valence electrons. The molecule has 2 heteroatoms. The molecule has 23 heavy (non-hydrogen) atoms. The van der Waals surface area contributed by atoms with Crippen LogP contribution in [0.3, 0.4) is 0 Å². The van der Waals surface area contributed by atoms with Crippen molar-refractivity contribution in [3.8, 4) is 0 Å². The van der Waals surface area contributed by atoms with E-state index in [4.69, 9.17) is 4.74 Å². The van der Waals surface area contributed by atoms with Gasteiger partial charge in [0.2, 0.25) is 0 Å². The van der Waals surface area contributed by atoms with Gasteiger partial charge in [0, 0.05) is 6.42 Å². The fraction of sp³-hybridized carbons (Fsp3) is 0.571. The van der Waals surface area contributed by atoms with Gasteiger partial charge in [0.15, 0.2) is 0 Å². The Balaban J connectivity index is 1.20. The summed E-state index contributed by atoms with van der Waals surface area (Å²) in [5.74, 6) is 5.78. The van der Waals surface area contributed by atoms with E-state index in [9.17, 15) is 4.79 Å². The predicted molar refractivity (Wildman–Crippen MR) is 88.3 cm³/mol. The van der Waals surface area contributed by atoms with Crippen LogP contribution in [0.15, 0.2) is 42.5 Å². The molecule has 4 aliphatic carbocycles. The fourth-order valence-corrected chi connectivity index (χ4v) is 6.40. The van der Waals surface area contributed by atoms with E-state index in [1.807, 2.05) is 30.3 Å². The third kappa shape index (κ3) is 2.18. The van der Waals surface area contributed by atoms with Gasteiger partial charge in [-0.15, -0.1) is 0 Å². The van der Waals surface area contributed by atoms with E-state index < -0.39 is 0 Å². The Bertz CT molecular complexity index is 635. The molecule has 3 fully saturated rings. The second-order valence-corrected chi connectivity index (χ2v) is 8.11. The molecule has 7 unspecified atom stereocenters. The lowest BCUT2D eigenvalue weighted by molar-refractivity contribution is -0.146. The van der Waals surface area contributed by atoms with Crippen LogP contribution in [0.1, 0.15) is 31.2 Å². The summed E-state index contributed by atoms with van der Waals surface area (Å²) in [6, 6.07) is 9.98. The lowest BCUT2D eigenvalue weighted by atomic mass is 9.69. The van der Waals surface area contributed by atoms with Crippen LogP contribution in [-0.4, -0.2) is 5.97 Å². The molecule has 1 aromatic rings. The van der Waals surface area contributed by atoms with Gasteiger partial charge in [-0.1, -0.05) is 42.5 Å². The topological polar surface area (TPSA) is 26.3 Å². The summed E-state index contributed by atoms with van der Waals surface area (Å²) in [6.45, 7) is 0.417. The van der Waals surface area contributed by atoms with Gasteiger partial charge in [0.25, 0.3) is 0 Å². The van der Waals surface area contributed by atoms with Gasteiger partial charge in [-0.25, -0.2) is 0 Å². The van der Waals surface area contributed by atoms with Crippen LogP contribution in [0.25, 0.3) is 0 Å². The number of benzene rings is 1. The molecule has 0 aromatic heterocycles. The maximum absolute atomic E-state index is 12.3. The molecule has 3 saturated carbocycles. The summed E-state index contributed by atoms with van der Waals surface area (Å²) in [6.07, 6.45) is 9.63. The molecule has 0 amide bonds. The van der Waals surface area contributed by atoms with Gasteiger partial charge in [-0.05, 0) is 66.3 Å². The zero-order valence-electron chi connectivity index (χ0n) is 13.4. The lowest BCUT2D eigenvalue weighted by Crippen LogP contribution is -2.32. The standard InChI is InChI=1S/C21H24O2/c22-19(23-12-13-4-2-1-3-5-13)11-16-9-17-10-18(16)21-15-7-6-14(8-15)20(17)21/h1-7,14-18,20-21H,8-12H2. The second-order valence-electron chi connectivity index (χ2n) is 8.11. The molecule has 4 bridgehead atoms. The number of rotatable bonds is 4. The molecule has 0 radical (unpaired) electrons. The molecule has 7 atom stereocenters. The first kappa shape index (κ1) is 13.8. The van der Waals surface area contributed by atoms with Gasteiger partial charge in [0.1, 0.15) is 6.61 Å². The molecular formula is C21H24O2. The SMILES string of the molecule is O=C(CC1CC2CC1C1C3C=CC(C3)C21)OCc1ccccc1. The Morgan fingerprint density at radius 2 is 1.78 bits per heavy atom. The smallest absolute Gasteiger partial charge is 0.306 e. The Hall–Kier alpha value is -1.57. The molecule has 5 rings (SSSR count). The number of fused-ring (bicyclic) bond motifs is 9. The monoisotopic (exact) mass is 308 g/mol. The summed E-state index contributed by atoms with van der Waals surface area (Å²) in [5, 5.41) is 0. The number of ether oxygens (including phenoxy) is 1. The van der Waals surface area contributed by atoms with E-state index >= 15 is 0 Å². The van der Waals surface area contributed by atoms with E-state index in [-0.39, 0.29) is 5.97 Å². The summed E-state index contributed by atoms with van der Waals surface area (Å²) < 4.78 is 5.52. The average Bonchev–Trinajstić information content (AvgIpc) is 3.32. The number of hydrogen-bond acceptors (Lipinski definition) is 2. The van der Waals surface area contributed by atoms with Crippen molar-refractivity contribution >= 4 is 5.97 Å². The molecule has 0 saturated heterocycles. The maximum atomic E-state index is 12.3. The predicted octanol–water partition coefficient (Wildman–Crippen LogP) is 4.21. The molecule has 0 spiro atoms. The highest BCUT2D eigenvalue weighted by molar-refractivity contribution is 5.69. The van der Waals surface area contributed by atoms with E-state index in [2.05, 4.69) is 12.2 Å². The Kier molecular flexibility index (Phi) is 3.14. The van der Waals surface area contributed by atoms with Crippen LogP contribution in [0.5, 0.6) is 0 Å². The number of esters is 1. The second kappa shape index (κ2) is 5.22. The van der Waals surface area contributed by atoms with Crippen LogP contribution < -0.4 is 0 Å². The van der Waals surface area contributed by atoms with Crippen LogP contribution >= 0.6 is 0 Å². The molecule has 2 nitrogen and oxygen atoms in total. The first-order chi connectivity index (χ1) is 11.3. The minimum Gasteiger partial charge on any atom is -0.461 e. The van der Waals surface area contributed by atoms with E-state index in [1.165, 1.54) is 19.3 Å². The van der Waals surface area contributed by atoms with E-state index in [1.54, 1.807) is 0 Å². The van der Waals surface area contributed by atoms with E-state index in [0.717, 1.165) is 41.1 Å². The van der Waals surface area contributed by atoms with Crippen LogP contribution in [0, 0.1) is 41.4 Å². The number of hydrogen-bond donors (Lipinski definition) is 0. The largest absolute Gasteiger partial charge is 0.461 e. The van der Waals surface area contributed by atoms with Crippen molar-refractivity contribution in [2.24, 2.45) is 41.4 Å². The minimum absolute atomic E-state index is 0.00153. The number of allylic oxidation sites excluding steroid dienone is 2. The van der Waals surface area contributed by atoms with Gasteiger partial charge in [-0.3, -0.25) is 4.79 Å². The summed E-state index contributed by atoms with van der Waals surface area (Å²) in [5.41, 5.74) is 1.08. The lowest BCUT2D eigenvalue weighted by Gasteiger charge is -2.36. The number of carbonyl (C=O) groups excluding carboxylic acids is 1. The van der Waals surface area contributed by atoms with Gasteiger partial charge < -0.3 is 4.74 Å². The highest BCUT2D eigenvalue weighted by Crippen LogP contribution is 2.67. The van der Waals surface area contributed by atoms with Crippen molar-refractivity contribution in [3.05, 3.63) is 48.0 Å². The van der Waals surface area contributed by atoms with Gasteiger partial charge in [-0.2, -0.15) is 0 Å². The van der Waals surface area contributed by atoms with Crippen LogP contribution in [0.4, 0.5) is 0 Å². The van der Waals surface area contributed by atoms with Crippen LogP contribution in [0.2, 0.25) is 0 Å². The fourth-order valence-electron chi connectivity index (χ4n) is 6.40. The third-order valence-electron chi connectivity index (χ3n) is 7.08. The summed E-state index contributed by atoms with van der Waals surface area (Å²) >= 11 is 0. The van der Waals surface area contributed by atoms with Gasteiger partial charge >= 0.3 is 5.97 Å². The Morgan fingerprint density at radius 1 is 1.00 bits per heavy atom. The van der Waals surface area contributed by atoms with Crippen molar-refractivity contribution < 1.29 is 9.53 Å². The zero-order chi connectivity index (χ0) is 15.4. The first-order valence-electron chi connectivity index (χ1n) is 9.17. The van der Waals surface area contributed by atoms with E-state index in [0.29, 0.717) is 18.9 Å². The quantitative estimate of drug-likeness (QED) is 0.473. The van der Waals surface area contributed by atoms with Crippen molar-refractivity contribution in [2.75, 3.05) is 0 Å². The average molecular weight is 308 g/mol. The molecule has 0 N–H and O–H groups in total. The maximum Gasteiger partial charge on any atom is 0.306 e. The number of carbonyl (C=O) groups is 1. The Labute approximate surface area is 137 Å². The summed E-state index contributed by atoms with van der Waals surface area (Å²) in [4.78, 5) is 12.3. The third-order valence-corrected chi connectivity index (χ3v) is 7.08. The highest BCUT2D eigenvalue weighted by atomic mass is 16.5. The molecule has 0 aliphatic heterocycles. The molecular weight excluding hydrogens is 284 g/mol. The first-order valence-corrected chi connectivity index (χ1v) is 9.17. The molecule has 4 aliphatic rings. The summed E-state index contributed by atoms with van der Waals surface area (Å²) in [7, 11) is 0. The molecule has 1 aromatic carbocycles. The van der Waals surface area contributed by atoms with Crippen molar-refractivity contribution in [2.45, 2.75) is 32.3 Å². The molecule has 0 heterocycles. The highest BCUT2D eigenvalue weighted by Gasteiger charge is 2.60.